The van der Waals surface area contributed by atoms with Gasteiger partial charge in [-0.2, -0.15) is 0 Å². The average molecular weight is 730 g/mol. The fourth-order valence-electron chi connectivity index (χ4n) is 6.61. The summed E-state index contributed by atoms with van der Waals surface area (Å²) in [5, 5.41) is 8.23. The molecule has 51 heavy (non-hydrogen) atoms. The number of nitrogens with one attached hydrogen (secondary N) is 3. The number of nitrogens with two attached hydrogens (primary N) is 1. The van der Waals surface area contributed by atoms with Gasteiger partial charge in [0.1, 0.15) is 30.5 Å². The van der Waals surface area contributed by atoms with E-state index in [-0.39, 0.29) is 37.1 Å². The molecule has 0 radical (unpaired) electrons. The van der Waals surface area contributed by atoms with Crippen LogP contribution in [0.25, 0.3) is 0 Å². The third-order valence-electron chi connectivity index (χ3n) is 9.19. The molecule has 4 rings (SSSR count). The number of amides is 4. The Morgan fingerprint density at radius 3 is 2.33 bits per heavy atom. The summed E-state index contributed by atoms with van der Waals surface area (Å²) in [5.74, 6) is -3.41. The molecule has 16 heteroatoms. The molecule has 7 N–H and O–H groups in total. The Hall–Kier alpha value is -4.30. The van der Waals surface area contributed by atoms with Gasteiger partial charge in [-0.25, -0.2) is 4.57 Å². The number of hydrogen-bond acceptors (Lipinski definition) is 9. The van der Waals surface area contributed by atoms with Gasteiger partial charge in [-0.1, -0.05) is 55.3 Å². The number of phosphoric ester groups is 1. The van der Waals surface area contributed by atoms with Crippen LogP contribution in [0.2, 0.25) is 0 Å². The van der Waals surface area contributed by atoms with E-state index in [9.17, 15) is 28.5 Å². The van der Waals surface area contributed by atoms with Crippen LogP contribution in [0.15, 0.2) is 54.6 Å². The third-order valence-corrected chi connectivity index (χ3v) is 9.64. The average Bonchev–Trinajstić information content (AvgIpc) is 3.52. The van der Waals surface area contributed by atoms with Crippen molar-refractivity contribution in [1.29, 1.82) is 0 Å². The number of ether oxygens (including phenoxy) is 1. The summed E-state index contributed by atoms with van der Waals surface area (Å²) in [6, 6.07) is 12.0. The van der Waals surface area contributed by atoms with Gasteiger partial charge in [0.05, 0.1) is 12.3 Å². The van der Waals surface area contributed by atoms with Crippen LogP contribution in [0.5, 0.6) is 5.75 Å². The van der Waals surface area contributed by atoms with E-state index in [1.165, 1.54) is 31.3 Å². The first-order chi connectivity index (χ1) is 24.4. The third kappa shape index (κ3) is 11.9. The maximum absolute atomic E-state index is 14.2. The van der Waals surface area contributed by atoms with Gasteiger partial charge < -0.3 is 35.8 Å². The molecule has 0 spiro atoms. The SMILES string of the molecule is CNC(=O)[C@H](CCCN)NC(=O)[C@@H]1CCC2CCCC[C@H](NC(=O)[C@@H](CC(=O)OCc3ccccc3)Cc3ccc(OP(=O)(O)O)cc3)C(=O)N21. The van der Waals surface area contributed by atoms with Crippen molar-refractivity contribution < 1.29 is 47.6 Å². The van der Waals surface area contributed by atoms with Gasteiger partial charge in [0.25, 0.3) is 0 Å². The maximum Gasteiger partial charge on any atom is 0.524 e. The van der Waals surface area contributed by atoms with Crippen molar-refractivity contribution in [2.24, 2.45) is 11.7 Å². The van der Waals surface area contributed by atoms with Crippen LogP contribution in [0, 0.1) is 5.92 Å². The van der Waals surface area contributed by atoms with Crippen molar-refractivity contribution in [1.82, 2.24) is 20.9 Å². The lowest BCUT2D eigenvalue weighted by Gasteiger charge is -2.36. The van der Waals surface area contributed by atoms with Crippen molar-refractivity contribution in [3.05, 3.63) is 65.7 Å². The standard InChI is InChI=1S/C35H48N5O10P/c1-37-33(43)28(12-7-19-36)38-34(44)30-18-15-26-10-5-6-11-29(35(45)40(26)30)39-32(42)25(21-31(41)49-22-24-8-3-2-4-9-24)20-23-13-16-27(17-14-23)50-51(46,47)48/h2-4,8-9,13-14,16-17,25-26,28-30H,5-7,10-12,15,18-22,36H2,1H3,(H,37,43)(H,38,44)(H,39,42)(H2,46,47,48)/t25-,26?,28+,29+,30+/m1/s1. The number of carbonyl (C=O) groups is 5. The highest BCUT2D eigenvalue weighted by atomic mass is 31.2. The van der Waals surface area contributed by atoms with E-state index in [4.69, 9.17) is 20.3 Å². The van der Waals surface area contributed by atoms with Gasteiger partial charge in [0.15, 0.2) is 0 Å². The molecule has 0 saturated carbocycles. The van der Waals surface area contributed by atoms with Crippen LogP contribution in [-0.4, -0.2) is 82.0 Å². The Morgan fingerprint density at radius 2 is 1.67 bits per heavy atom. The lowest BCUT2D eigenvalue weighted by Crippen LogP contribution is -2.58. The monoisotopic (exact) mass is 729 g/mol. The molecule has 15 nitrogen and oxygen atoms in total. The fraction of sp³-hybridized carbons (Fsp3) is 0.514. The minimum absolute atomic E-state index is 0.0102. The smallest absolute Gasteiger partial charge is 0.461 e. The highest BCUT2D eigenvalue weighted by Gasteiger charge is 2.44. The Bertz CT molecular complexity index is 1550. The first-order valence-corrected chi connectivity index (χ1v) is 18.8. The summed E-state index contributed by atoms with van der Waals surface area (Å²) in [7, 11) is -3.29. The largest absolute Gasteiger partial charge is 0.524 e. The lowest BCUT2D eigenvalue weighted by atomic mass is 9.93. The molecule has 2 aromatic carbocycles. The molecule has 0 bridgehead atoms. The van der Waals surface area contributed by atoms with Crippen LogP contribution >= 0.6 is 7.82 Å². The van der Waals surface area contributed by atoms with Gasteiger partial charge in [0.2, 0.25) is 23.6 Å². The second-order valence-corrected chi connectivity index (χ2v) is 14.1. The van der Waals surface area contributed by atoms with Crippen LogP contribution in [-0.2, 0) is 46.3 Å². The Labute approximate surface area is 297 Å². The maximum atomic E-state index is 14.2. The van der Waals surface area contributed by atoms with Gasteiger partial charge in [-0.15, -0.1) is 0 Å². The van der Waals surface area contributed by atoms with Crippen molar-refractivity contribution in [3.8, 4) is 5.75 Å². The summed E-state index contributed by atoms with van der Waals surface area (Å²) >= 11 is 0. The zero-order valence-electron chi connectivity index (χ0n) is 28.7. The molecule has 0 aliphatic carbocycles. The Kier molecular flexibility index (Phi) is 14.6. The predicted molar refractivity (Wildman–Crippen MR) is 186 cm³/mol. The van der Waals surface area contributed by atoms with Gasteiger partial charge in [0, 0.05) is 13.1 Å². The van der Waals surface area contributed by atoms with E-state index in [1.807, 2.05) is 18.2 Å². The summed E-state index contributed by atoms with van der Waals surface area (Å²) in [6.07, 6.45) is 4.12. The number of nitrogens with zero attached hydrogens (tertiary/aromatic N) is 1. The first-order valence-electron chi connectivity index (χ1n) is 17.3. The lowest BCUT2D eigenvalue weighted by molar-refractivity contribution is -0.149. The number of benzene rings is 2. The first kappa shape index (κ1) is 39.5. The van der Waals surface area contributed by atoms with Crippen molar-refractivity contribution >= 4 is 37.4 Å². The van der Waals surface area contributed by atoms with Gasteiger partial charge in [-0.3, -0.25) is 33.8 Å². The summed E-state index contributed by atoms with van der Waals surface area (Å²) < 4.78 is 21.3. The second-order valence-electron chi connectivity index (χ2n) is 12.9. The number of hydrogen-bond donors (Lipinski definition) is 6. The van der Waals surface area contributed by atoms with Crippen molar-refractivity contribution in [2.75, 3.05) is 13.6 Å². The van der Waals surface area contributed by atoms with Crippen molar-refractivity contribution in [3.63, 3.8) is 0 Å². The molecule has 2 fully saturated rings. The van der Waals surface area contributed by atoms with Crippen LogP contribution in [0.4, 0.5) is 0 Å². The fourth-order valence-corrected chi connectivity index (χ4v) is 7.01. The van der Waals surface area contributed by atoms with E-state index in [1.54, 1.807) is 17.0 Å². The van der Waals surface area contributed by atoms with E-state index >= 15 is 0 Å². The normalized spacial score (nSPS) is 20.2. The molecule has 278 valence electrons. The summed E-state index contributed by atoms with van der Waals surface area (Å²) in [4.78, 5) is 87.0. The number of likely N-dealkylation sites (N-methyl/N-ethyl adjacent to an activating group) is 1. The molecule has 2 aliphatic heterocycles. The minimum Gasteiger partial charge on any atom is -0.461 e. The highest BCUT2D eigenvalue weighted by molar-refractivity contribution is 7.46. The second kappa shape index (κ2) is 18.8. The molecule has 5 atom stereocenters. The van der Waals surface area contributed by atoms with Gasteiger partial charge >= 0.3 is 13.8 Å². The van der Waals surface area contributed by atoms with E-state index in [0.717, 1.165) is 12.0 Å². The van der Waals surface area contributed by atoms with E-state index < -0.39 is 55.6 Å². The summed E-state index contributed by atoms with van der Waals surface area (Å²) in [6.45, 7) is 0.360. The summed E-state index contributed by atoms with van der Waals surface area (Å²) in [5.41, 5.74) is 6.98. The number of phosphoric acid groups is 1. The molecule has 2 aromatic rings. The molecular formula is C35H48N5O10P. The van der Waals surface area contributed by atoms with Crippen LogP contribution in [0.1, 0.15) is 68.9 Å². The molecular weight excluding hydrogens is 681 g/mol. The molecule has 0 aromatic heterocycles. The van der Waals surface area contributed by atoms with E-state index in [2.05, 4.69) is 20.5 Å². The number of fused-ring (bicyclic) bond motifs is 1. The Morgan fingerprint density at radius 1 is 0.961 bits per heavy atom. The zero-order chi connectivity index (χ0) is 37.0. The predicted octanol–water partition coefficient (Wildman–Crippen LogP) is 1.84. The molecule has 2 saturated heterocycles. The quantitative estimate of drug-likeness (QED) is 0.108. The van der Waals surface area contributed by atoms with Crippen molar-refractivity contribution in [2.45, 2.75) is 95.0 Å². The van der Waals surface area contributed by atoms with Gasteiger partial charge in [-0.05, 0) is 74.8 Å². The van der Waals surface area contributed by atoms with Crippen LogP contribution in [0.3, 0.4) is 0 Å². The van der Waals surface area contributed by atoms with E-state index in [0.29, 0.717) is 57.1 Å². The molecule has 1 unspecified atom stereocenters. The molecule has 4 amide bonds. The number of rotatable bonds is 16. The topological polar surface area (TPSA) is 227 Å². The molecule has 2 aliphatic rings. The Balaban J connectivity index is 1.50. The molecule has 2 heterocycles. The zero-order valence-corrected chi connectivity index (χ0v) is 29.6. The number of carbonyl (C=O) groups excluding carboxylic acids is 5. The highest BCUT2D eigenvalue weighted by Crippen LogP contribution is 2.37. The van der Waals surface area contributed by atoms with Crippen LogP contribution < -0.4 is 26.2 Å². The number of esters is 1. The minimum atomic E-state index is -4.78.